The number of hydrogen-bond donors (Lipinski definition) is 1. The summed E-state index contributed by atoms with van der Waals surface area (Å²) in [6, 6.07) is 8.96. The Morgan fingerprint density at radius 2 is 1.91 bits per heavy atom. The van der Waals surface area contributed by atoms with Crippen LogP contribution in [0.15, 0.2) is 34.7 Å². The Hall–Kier alpha value is -1.65. The van der Waals surface area contributed by atoms with E-state index in [0.717, 1.165) is 32.7 Å². The van der Waals surface area contributed by atoms with Crippen molar-refractivity contribution in [2.45, 2.75) is 27.3 Å². The molecule has 122 valence electrons. The highest BCUT2D eigenvalue weighted by molar-refractivity contribution is 7.11. The molecule has 2 aromatic rings. The fourth-order valence-electron chi connectivity index (χ4n) is 3.07. The second-order valence-electron chi connectivity index (χ2n) is 6.52. The number of hydrogen-bond acceptors (Lipinski definition) is 3. The predicted octanol–water partition coefficient (Wildman–Crippen LogP) is 2.41. The average molecular weight is 329 g/mol. The van der Waals surface area contributed by atoms with Crippen molar-refractivity contribution in [3.05, 3.63) is 56.8 Å². The molecule has 0 atom stereocenters. The minimum absolute atomic E-state index is 1.04. The molecule has 23 heavy (non-hydrogen) atoms. The molecular formula is C19H26N3S+. The average Bonchev–Trinajstić information content (AvgIpc) is 2.95. The van der Waals surface area contributed by atoms with E-state index in [9.17, 15) is 0 Å². The Labute approximate surface area is 143 Å². The van der Waals surface area contributed by atoms with Crippen LogP contribution in [0.3, 0.4) is 0 Å². The first kappa shape index (κ1) is 16.2. The lowest BCUT2D eigenvalue weighted by Crippen LogP contribution is -3.13. The van der Waals surface area contributed by atoms with Gasteiger partial charge < -0.3 is 4.90 Å². The summed E-state index contributed by atoms with van der Waals surface area (Å²) in [6.45, 7) is 12.1. The van der Waals surface area contributed by atoms with Crippen LogP contribution in [-0.2, 0) is 6.54 Å². The fraction of sp³-hybridized carbons (Fsp3) is 0.421. The minimum atomic E-state index is 1.04. The first-order valence-corrected chi connectivity index (χ1v) is 9.22. The second kappa shape index (κ2) is 7.28. The van der Waals surface area contributed by atoms with Crippen molar-refractivity contribution in [3.8, 4) is 0 Å². The maximum atomic E-state index is 4.66. The number of rotatable bonds is 4. The third-order valence-corrected chi connectivity index (χ3v) is 5.58. The molecule has 1 saturated heterocycles. The lowest BCUT2D eigenvalue weighted by atomic mass is 10.1. The molecular weight excluding hydrogens is 302 g/mol. The molecule has 1 aliphatic heterocycles. The molecule has 1 fully saturated rings. The molecule has 1 aliphatic rings. The number of nitrogens with one attached hydrogen (secondary N) is 1. The summed E-state index contributed by atoms with van der Waals surface area (Å²) in [5.41, 5.74) is 5.57. The Morgan fingerprint density at radius 3 is 2.57 bits per heavy atom. The maximum absolute atomic E-state index is 4.66. The van der Waals surface area contributed by atoms with Crippen molar-refractivity contribution in [2.24, 2.45) is 5.10 Å². The van der Waals surface area contributed by atoms with Gasteiger partial charge in [-0.3, -0.25) is 5.01 Å². The number of piperazine rings is 1. The normalized spacial score (nSPS) is 16.4. The predicted molar refractivity (Wildman–Crippen MR) is 98.5 cm³/mol. The first-order valence-electron chi connectivity index (χ1n) is 8.34. The molecule has 3 rings (SSSR count). The van der Waals surface area contributed by atoms with Gasteiger partial charge in [-0.15, -0.1) is 11.3 Å². The fourth-order valence-corrected chi connectivity index (χ4v) is 3.85. The van der Waals surface area contributed by atoms with Crippen molar-refractivity contribution in [1.82, 2.24) is 5.01 Å². The quantitative estimate of drug-likeness (QED) is 0.855. The number of quaternary nitrogens is 1. The van der Waals surface area contributed by atoms with Crippen LogP contribution in [0.2, 0.25) is 0 Å². The van der Waals surface area contributed by atoms with E-state index < -0.39 is 0 Å². The number of nitrogens with zero attached hydrogens (tertiary/aromatic N) is 2. The van der Waals surface area contributed by atoms with Crippen LogP contribution >= 0.6 is 11.3 Å². The lowest BCUT2D eigenvalue weighted by molar-refractivity contribution is -0.918. The van der Waals surface area contributed by atoms with Gasteiger partial charge >= 0.3 is 0 Å². The SMILES string of the molecule is Cc1ccc(C[NH+]2CCN(N=Cc3sccc3C)CC2)c(C)c1. The van der Waals surface area contributed by atoms with Gasteiger partial charge in [0, 0.05) is 10.4 Å². The van der Waals surface area contributed by atoms with Gasteiger partial charge in [-0.25, -0.2) is 0 Å². The summed E-state index contributed by atoms with van der Waals surface area (Å²) in [7, 11) is 0. The molecule has 1 aromatic carbocycles. The van der Waals surface area contributed by atoms with Crippen LogP contribution in [-0.4, -0.2) is 37.4 Å². The molecule has 0 spiro atoms. The highest BCUT2D eigenvalue weighted by atomic mass is 32.1. The van der Waals surface area contributed by atoms with Gasteiger partial charge in [-0.1, -0.05) is 23.8 Å². The van der Waals surface area contributed by atoms with E-state index in [-0.39, 0.29) is 0 Å². The van der Waals surface area contributed by atoms with Crippen molar-refractivity contribution < 1.29 is 4.90 Å². The molecule has 4 heteroatoms. The van der Waals surface area contributed by atoms with Crippen LogP contribution in [0.25, 0.3) is 0 Å². The topological polar surface area (TPSA) is 20.0 Å². The Balaban J connectivity index is 1.52. The molecule has 2 heterocycles. The number of benzene rings is 1. The summed E-state index contributed by atoms with van der Waals surface area (Å²) >= 11 is 1.76. The molecule has 1 N–H and O–H groups in total. The van der Waals surface area contributed by atoms with E-state index in [0.29, 0.717) is 0 Å². The van der Waals surface area contributed by atoms with Gasteiger partial charge in [0.1, 0.15) is 6.54 Å². The largest absolute Gasteiger partial charge is 0.328 e. The summed E-state index contributed by atoms with van der Waals surface area (Å²) in [4.78, 5) is 2.94. The van der Waals surface area contributed by atoms with Gasteiger partial charge in [0.2, 0.25) is 0 Å². The monoisotopic (exact) mass is 328 g/mol. The zero-order valence-electron chi connectivity index (χ0n) is 14.3. The number of thiophene rings is 1. The lowest BCUT2D eigenvalue weighted by Gasteiger charge is -2.30. The van der Waals surface area contributed by atoms with Crippen molar-refractivity contribution >= 4 is 17.6 Å². The Kier molecular flexibility index (Phi) is 5.13. The molecule has 0 bridgehead atoms. The molecule has 0 unspecified atom stereocenters. The highest BCUT2D eigenvalue weighted by Crippen LogP contribution is 2.13. The van der Waals surface area contributed by atoms with E-state index in [4.69, 9.17) is 0 Å². The zero-order valence-corrected chi connectivity index (χ0v) is 15.1. The van der Waals surface area contributed by atoms with Gasteiger partial charge in [-0.05, 0) is 43.3 Å². The van der Waals surface area contributed by atoms with Crippen molar-refractivity contribution in [3.63, 3.8) is 0 Å². The smallest absolute Gasteiger partial charge is 0.103 e. The standard InChI is InChI=1S/C19H25N3S/c1-15-4-5-18(17(3)12-15)14-21-7-9-22(10-8-21)20-13-19-16(2)6-11-23-19/h4-6,11-13H,7-10,14H2,1-3H3/p+1. The number of hydrazone groups is 1. The Morgan fingerprint density at radius 1 is 1.13 bits per heavy atom. The van der Waals surface area contributed by atoms with Crippen LogP contribution in [0.4, 0.5) is 0 Å². The van der Waals surface area contributed by atoms with Gasteiger partial charge in [0.05, 0.1) is 32.4 Å². The van der Waals surface area contributed by atoms with Gasteiger partial charge in [0.15, 0.2) is 0 Å². The third kappa shape index (κ3) is 4.21. The van der Waals surface area contributed by atoms with E-state index in [2.05, 4.69) is 60.5 Å². The van der Waals surface area contributed by atoms with Gasteiger partial charge in [-0.2, -0.15) is 5.10 Å². The van der Waals surface area contributed by atoms with Crippen LogP contribution in [0, 0.1) is 20.8 Å². The molecule has 0 saturated carbocycles. The number of aryl methyl sites for hydroxylation is 3. The van der Waals surface area contributed by atoms with Gasteiger partial charge in [0.25, 0.3) is 0 Å². The molecule has 0 amide bonds. The molecule has 0 radical (unpaired) electrons. The highest BCUT2D eigenvalue weighted by Gasteiger charge is 2.19. The van der Waals surface area contributed by atoms with Crippen LogP contribution in [0.5, 0.6) is 0 Å². The van der Waals surface area contributed by atoms with Crippen molar-refractivity contribution in [1.29, 1.82) is 0 Å². The van der Waals surface area contributed by atoms with E-state index >= 15 is 0 Å². The van der Waals surface area contributed by atoms with E-state index in [1.54, 1.807) is 16.2 Å². The first-order chi connectivity index (χ1) is 11.1. The van der Waals surface area contributed by atoms with E-state index in [1.165, 1.54) is 27.1 Å². The second-order valence-corrected chi connectivity index (χ2v) is 7.47. The summed E-state index contributed by atoms with van der Waals surface area (Å²) < 4.78 is 0. The zero-order chi connectivity index (χ0) is 16.2. The summed E-state index contributed by atoms with van der Waals surface area (Å²) in [6.07, 6.45) is 2.02. The minimum Gasteiger partial charge on any atom is -0.328 e. The maximum Gasteiger partial charge on any atom is 0.103 e. The third-order valence-electron chi connectivity index (χ3n) is 4.63. The van der Waals surface area contributed by atoms with Crippen molar-refractivity contribution in [2.75, 3.05) is 26.2 Å². The molecule has 0 aliphatic carbocycles. The van der Waals surface area contributed by atoms with Crippen LogP contribution in [0.1, 0.15) is 27.1 Å². The van der Waals surface area contributed by atoms with E-state index in [1.807, 2.05) is 6.21 Å². The molecule has 3 nitrogen and oxygen atoms in total. The summed E-state index contributed by atoms with van der Waals surface area (Å²) in [5.74, 6) is 0. The Bertz CT molecular complexity index is 682. The summed E-state index contributed by atoms with van der Waals surface area (Å²) in [5, 5.41) is 9.00. The molecule has 1 aromatic heterocycles. The van der Waals surface area contributed by atoms with Crippen LogP contribution < -0.4 is 4.90 Å².